The Morgan fingerprint density at radius 2 is 2.14 bits per heavy atom. The average Bonchev–Trinajstić information content (AvgIpc) is 3.33. The van der Waals surface area contributed by atoms with Gasteiger partial charge in [-0.25, -0.2) is 4.98 Å². The number of aromatic nitrogens is 4. The van der Waals surface area contributed by atoms with E-state index in [0.717, 1.165) is 32.5 Å². The number of pyridine rings is 1. The van der Waals surface area contributed by atoms with Gasteiger partial charge in [0.1, 0.15) is 5.82 Å². The molecule has 0 N–H and O–H groups in total. The zero-order valence-corrected chi connectivity index (χ0v) is 17.5. The Balaban J connectivity index is 1.51. The summed E-state index contributed by atoms with van der Waals surface area (Å²) in [6, 6.07) is 5.64. The summed E-state index contributed by atoms with van der Waals surface area (Å²) in [5.41, 5.74) is 0. The van der Waals surface area contributed by atoms with Gasteiger partial charge in [-0.15, -0.1) is 10.2 Å². The van der Waals surface area contributed by atoms with Crippen LogP contribution in [0, 0.1) is 5.92 Å². The summed E-state index contributed by atoms with van der Waals surface area (Å²) < 4.78 is 1.86. The molecule has 0 radical (unpaired) electrons. The zero-order valence-electron chi connectivity index (χ0n) is 16.7. The van der Waals surface area contributed by atoms with Crippen molar-refractivity contribution < 1.29 is 9.59 Å². The van der Waals surface area contributed by atoms with Crippen LogP contribution in [-0.2, 0) is 16.1 Å². The van der Waals surface area contributed by atoms with Gasteiger partial charge in [0.2, 0.25) is 11.8 Å². The van der Waals surface area contributed by atoms with Crippen molar-refractivity contribution in [2.24, 2.45) is 5.92 Å². The van der Waals surface area contributed by atoms with Crippen molar-refractivity contribution >= 4 is 23.6 Å². The summed E-state index contributed by atoms with van der Waals surface area (Å²) in [5, 5.41) is 9.27. The first kappa shape index (κ1) is 19.9. The van der Waals surface area contributed by atoms with Gasteiger partial charge in [-0.3, -0.25) is 14.2 Å². The molecule has 2 saturated heterocycles. The van der Waals surface area contributed by atoms with E-state index in [9.17, 15) is 9.59 Å². The van der Waals surface area contributed by atoms with Gasteiger partial charge in [0, 0.05) is 32.3 Å². The number of hydrogen-bond acceptors (Lipinski definition) is 6. The van der Waals surface area contributed by atoms with E-state index >= 15 is 0 Å². The highest BCUT2D eigenvalue weighted by molar-refractivity contribution is 7.99. The van der Waals surface area contributed by atoms with E-state index in [-0.39, 0.29) is 11.8 Å². The van der Waals surface area contributed by atoms with Crippen LogP contribution in [0.15, 0.2) is 29.6 Å². The van der Waals surface area contributed by atoms with E-state index in [4.69, 9.17) is 0 Å². The second kappa shape index (κ2) is 8.94. The van der Waals surface area contributed by atoms with Crippen LogP contribution in [0.5, 0.6) is 0 Å². The molecule has 1 atom stereocenters. The van der Waals surface area contributed by atoms with Gasteiger partial charge in [-0.2, -0.15) is 0 Å². The van der Waals surface area contributed by atoms with E-state index < -0.39 is 0 Å². The molecule has 8 nitrogen and oxygen atoms in total. The van der Waals surface area contributed by atoms with Crippen molar-refractivity contribution in [2.45, 2.75) is 44.3 Å². The molecule has 0 aromatic carbocycles. The van der Waals surface area contributed by atoms with Crippen molar-refractivity contribution in [3.8, 4) is 5.82 Å². The van der Waals surface area contributed by atoms with Gasteiger partial charge in [-0.1, -0.05) is 24.8 Å². The van der Waals surface area contributed by atoms with Crippen LogP contribution < -0.4 is 0 Å². The Kier molecular flexibility index (Phi) is 6.13. The molecule has 154 valence electrons. The lowest BCUT2D eigenvalue weighted by Gasteiger charge is -2.30. The first-order valence-electron chi connectivity index (χ1n) is 10.2. The lowest BCUT2D eigenvalue weighted by Crippen LogP contribution is -2.40. The van der Waals surface area contributed by atoms with Crippen molar-refractivity contribution in [1.29, 1.82) is 0 Å². The molecule has 2 fully saturated rings. The third-order valence-electron chi connectivity index (χ3n) is 5.42. The first-order chi connectivity index (χ1) is 14.1. The monoisotopic (exact) mass is 414 g/mol. The molecule has 29 heavy (non-hydrogen) atoms. The number of thioether (sulfide) groups is 1. The summed E-state index contributed by atoms with van der Waals surface area (Å²) in [6.07, 6.45) is 5.43. The van der Waals surface area contributed by atoms with Gasteiger partial charge >= 0.3 is 0 Å². The molecule has 2 aliphatic heterocycles. The molecule has 4 heterocycles. The largest absolute Gasteiger partial charge is 0.342 e. The lowest BCUT2D eigenvalue weighted by molar-refractivity contribution is -0.130. The number of amides is 2. The lowest BCUT2D eigenvalue weighted by atomic mass is 10.0. The zero-order chi connectivity index (χ0) is 20.2. The summed E-state index contributed by atoms with van der Waals surface area (Å²) >= 11 is 1.38. The highest BCUT2D eigenvalue weighted by Gasteiger charge is 2.26. The quantitative estimate of drug-likeness (QED) is 0.674. The number of carbonyl (C=O) groups excluding carboxylic acids is 2. The van der Waals surface area contributed by atoms with Gasteiger partial charge in [-0.05, 0) is 37.3 Å². The van der Waals surface area contributed by atoms with Crippen molar-refractivity contribution in [3.63, 3.8) is 0 Å². The number of nitrogens with zero attached hydrogens (tertiary/aromatic N) is 6. The second-order valence-corrected chi connectivity index (χ2v) is 8.66. The molecular formula is C20H26N6O2S. The Morgan fingerprint density at radius 1 is 1.24 bits per heavy atom. The van der Waals surface area contributed by atoms with Crippen LogP contribution in [0.4, 0.5) is 0 Å². The number of hydrogen-bond donors (Lipinski definition) is 0. The second-order valence-electron chi connectivity index (χ2n) is 7.72. The SMILES string of the molecule is C[C@@H]1CCCN(C(=O)CSc2nnc(CN3CCCC3=O)n2-c2ccccn2)C1. The standard InChI is InChI=1S/C20H26N6O2S/c1-15-6-4-10-24(12-15)19(28)14-29-20-23-22-17(13-25-11-5-8-18(25)27)26(20)16-7-2-3-9-21-16/h2-3,7,9,15H,4-6,8,10-14H2,1H3/t15-/m1/s1. The van der Waals surface area contributed by atoms with Crippen LogP contribution in [0.3, 0.4) is 0 Å². The molecular weight excluding hydrogens is 388 g/mol. The maximum Gasteiger partial charge on any atom is 0.233 e. The van der Waals surface area contributed by atoms with Crippen LogP contribution >= 0.6 is 11.8 Å². The molecule has 4 rings (SSSR count). The maximum absolute atomic E-state index is 12.7. The van der Waals surface area contributed by atoms with Gasteiger partial charge in [0.15, 0.2) is 11.0 Å². The van der Waals surface area contributed by atoms with Gasteiger partial charge in [0.25, 0.3) is 0 Å². The normalized spacial score (nSPS) is 19.8. The molecule has 0 saturated carbocycles. The highest BCUT2D eigenvalue weighted by Crippen LogP contribution is 2.24. The number of likely N-dealkylation sites (tertiary alicyclic amines) is 2. The van der Waals surface area contributed by atoms with Crippen LogP contribution in [0.25, 0.3) is 5.82 Å². The highest BCUT2D eigenvalue weighted by atomic mass is 32.2. The summed E-state index contributed by atoms with van der Waals surface area (Å²) in [6.45, 7) is 4.99. The van der Waals surface area contributed by atoms with E-state index in [2.05, 4.69) is 22.1 Å². The molecule has 2 aliphatic rings. The minimum absolute atomic E-state index is 0.133. The van der Waals surface area contributed by atoms with Crippen molar-refractivity contribution in [2.75, 3.05) is 25.4 Å². The summed E-state index contributed by atoms with van der Waals surface area (Å²) in [7, 11) is 0. The Hall–Kier alpha value is -2.42. The molecule has 9 heteroatoms. The minimum Gasteiger partial charge on any atom is -0.342 e. The van der Waals surface area contributed by atoms with E-state index in [1.165, 1.54) is 18.2 Å². The number of carbonyl (C=O) groups is 2. The molecule has 0 aliphatic carbocycles. The van der Waals surface area contributed by atoms with Crippen LogP contribution in [0.1, 0.15) is 38.4 Å². The van der Waals surface area contributed by atoms with E-state index in [0.29, 0.717) is 41.4 Å². The third kappa shape index (κ3) is 4.60. The molecule has 0 bridgehead atoms. The number of piperidine rings is 1. The van der Waals surface area contributed by atoms with Crippen LogP contribution in [-0.4, -0.2) is 66.7 Å². The first-order valence-corrected chi connectivity index (χ1v) is 11.1. The predicted molar refractivity (Wildman–Crippen MR) is 110 cm³/mol. The van der Waals surface area contributed by atoms with E-state index in [1.54, 1.807) is 11.1 Å². The minimum atomic E-state index is 0.133. The third-order valence-corrected chi connectivity index (χ3v) is 6.33. The fourth-order valence-electron chi connectivity index (χ4n) is 3.89. The topological polar surface area (TPSA) is 84.2 Å². The predicted octanol–water partition coefficient (Wildman–Crippen LogP) is 2.14. The molecule has 0 spiro atoms. The fourth-order valence-corrected chi connectivity index (χ4v) is 4.75. The Labute approximate surface area is 174 Å². The van der Waals surface area contributed by atoms with Crippen LogP contribution in [0.2, 0.25) is 0 Å². The molecule has 2 aromatic rings. The maximum atomic E-state index is 12.7. The van der Waals surface area contributed by atoms with Crippen molar-refractivity contribution in [3.05, 3.63) is 30.2 Å². The number of rotatable bonds is 6. The van der Waals surface area contributed by atoms with Gasteiger partial charge < -0.3 is 9.80 Å². The smallest absolute Gasteiger partial charge is 0.233 e. The fraction of sp³-hybridized carbons (Fsp3) is 0.550. The summed E-state index contributed by atoms with van der Waals surface area (Å²) in [5.74, 6) is 2.51. The average molecular weight is 415 g/mol. The molecule has 0 unspecified atom stereocenters. The van der Waals surface area contributed by atoms with E-state index in [1.807, 2.05) is 27.7 Å². The Morgan fingerprint density at radius 3 is 2.86 bits per heavy atom. The van der Waals surface area contributed by atoms with Gasteiger partial charge in [0.05, 0.1) is 12.3 Å². The molecule has 2 aromatic heterocycles. The van der Waals surface area contributed by atoms with Crippen molar-refractivity contribution in [1.82, 2.24) is 29.5 Å². The Bertz CT molecular complexity index is 871. The summed E-state index contributed by atoms with van der Waals surface area (Å²) in [4.78, 5) is 32.9. The molecule has 2 amide bonds.